The Labute approximate surface area is 89.0 Å². The zero-order chi connectivity index (χ0) is 9.84. The highest BCUT2D eigenvalue weighted by Gasteiger charge is 2.00. The van der Waals surface area contributed by atoms with E-state index in [0.717, 1.165) is 14.4 Å². The molecule has 13 heavy (non-hydrogen) atoms. The Morgan fingerprint density at radius 1 is 1.54 bits per heavy atom. The molecule has 1 N–H and O–H groups in total. The van der Waals surface area contributed by atoms with E-state index in [4.69, 9.17) is 0 Å². The van der Waals surface area contributed by atoms with Crippen molar-refractivity contribution in [3.8, 4) is 0 Å². The molecular weight excluding hydrogens is 252 g/mol. The molecule has 3 nitrogen and oxygen atoms in total. The molecule has 0 aliphatic rings. The van der Waals surface area contributed by atoms with Gasteiger partial charge in [-0.05, 0) is 35.0 Å². The first-order valence-electron chi connectivity index (χ1n) is 3.66. The van der Waals surface area contributed by atoms with E-state index in [0.29, 0.717) is 0 Å². The van der Waals surface area contributed by atoms with Crippen molar-refractivity contribution in [2.24, 2.45) is 5.10 Å². The Bertz CT molecular complexity index is 346. The average Bonchev–Trinajstić information content (AvgIpc) is 2.47. The zero-order valence-electron chi connectivity index (χ0n) is 7.30. The second kappa shape index (κ2) is 4.53. The van der Waals surface area contributed by atoms with Gasteiger partial charge in [0, 0.05) is 6.92 Å². The highest BCUT2D eigenvalue weighted by Crippen LogP contribution is 2.22. The van der Waals surface area contributed by atoms with Crippen molar-refractivity contribution in [2.45, 2.75) is 13.8 Å². The topological polar surface area (TPSA) is 41.5 Å². The lowest BCUT2D eigenvalue weighted by molar-refractivity contribution is -0.118. The predicted molar refractivity (Wildman–Crippen MR) is 58.0 cm³/mol. The fraction of sp³-hybridized carbons (Fsp3) is 0.250. The van der Waals surface area contributed by atoms with Crippen LogP contribution in [0.2, 0.25) is 0 Å². The summed E-state index contributed by atoms with van der Waals surface area (Å²) in [5, 5.41) is 3.91. The molecule has 1 heterocycles. The molecule has 0 spiro atoms. The normalized spacial score (nSPS) is 11.5. The van der Waals surface area contributed by atoms with Gasteiger partial charge in [-0.25, -0.2) is 5.43 Å². The van der Waals surface area contributed by atoms with Gasteiger partial charge < -0.3 is 0 Å². The van der Waals surface area contributed by atoms with Crippen molar-refractivity contribution in [1.82, 2.24) is 5.43 Å². The maximum absolute atomic E-state index is 10.6. The second-order valence-corrected chi connectivity index (χ2v) is 4.93. The Morgan fingerprint density at radius 3 is 2.69 bits per heavy atom. The maximum Gasteiger partial charge on any atom is 0.236 e. The van der Waals surface area contributed by atoms with Gasteiger partial charge in [-0.1, -0.05) is 0 Å². The summed E-state index contributed by atoms with van der Waals surface area (Å²) < 4.78 is 1.06. The van der Waals surface area contributed by atoms with E-state index in [1.165, 1.54) is 6.92 Å². The molecule has 0 aliphatic heterocycles. The highest BCUT2D eigenvalue weighted by atomic mass is 79.9. The first kappa shape index (κ1) is 10.4. The number of hydrazone groups is 1. The fourth-order valence-electron chi connectivity index (χ4n) is 0.726. The van der Waals surface area contributed by atoms with Crippen LogP contribution < -0.4 is 5.43 Å². The van der Waals surface area contributed by atoms with Crippen LogP contribution in [0.25, 0.3) is 0 Å². The Kier molecular flexibility index (Phi) is 3.62. The molecule has 1 amide bonds. The predicted octanol–water partition coefficient (Wildman–Crippen LogP) is 2.37. The van der Waals surface area contributed by atoms with Crippen LogP contribution in [0.15, 0.2) is 21.0 Å². The second-order valence-electron chi connectivity index (χ2n) is 2.47. The molecule has 0 aliphatic carbocycles. The summed E-state index contributed by atoms with van der Waals surface area (Å²) in [4.78, 5) is 11.6. The molecule has 5 heteroatoms. The number of nitrogens with one attached hydrogen (secondary N) is 1. The fourth-order valence-corrected chi connectivity index (χ4v) is 2.06. The highest BCUT2D eigenvalue weighted by molar-refractivity contribution is 9.11. The van der Waals surface area contributed by atoms with Crippen LogP contribution >= 0.6 is 27.3 Å². The summed E-state index contributed by atoms with van der Waals surface area (Å²) >= 11 is 4.94. The van der Waals surface area contributed by atoms with Crippen molar-refractivity contribution in [1.29, 1.82) is 0 Å². The first-order chi connectivity index (χ1) is 6.09. The summed E-state index contributed by atoms with van der Waals surface area (Å²) in [5.74, 6) is -0.157. The maximum atomic E-state index is 10.6. The molecule has 1 aromatic rings. The quantitative estimate of drug-likeness (QED) is 0.644. The van der Waals surface area contributed by atoms with Gasteiger partial charge in [-0.15, -0.1) is 11.3 Å². The summed E-state index contributed by atoms with van der Waals surface area (Å²) in [6.07, 6.45) is 0. The Morgan fingerprint density at radius 2 is 2.23 bits per heavy atom. The Hall–Kier alpha value is -0.680. The number of thiophene rings is 1. The third-order valence-corrected chi connectivity index (χ3v) is 3.04. The summed E-state index contributed by atoms with van der Waals surface area (Å²) in [6, 6.07) is 3.90. The number of halogens is 1. The standard InChI is InChI=1S/C8H9BrN2OS/c1-5(10-11-6(2)12)7-3-4-8(9)13-7/h3-4H,1-2H3,(H,11,12)/b10-5-. The van der Waals surface area contributed by atoms with E-state index >= 15 is 0 Å². The van der Waals surface area contributed by atoms with E-state index in [9.17, 15) is 4.79 Å². The number of carbonyl (C=O) groups excluding carboxylic acids is 1. The number of amides is 1. The molecule has 0 atom stereocenters. The van der Waals surface area contributed by atoms with Gasteiger partial charge in [0.05, 0.1) is 14.4 Å². The number of hydrogen-bond acceptors (Lipinski definition) is 3. The SMILES string of the molecule is CC(=O)N/N=C(/C)c1ccc(Br)s1. The lowest BCUT2D eigenvalue weighted by atomic mass is 10.3. The number of hydrogen-bond donors (Lipinski definition) is 1. The third kappa shape index (κ3) is 3.28. The molecule has 0 radical (unpaired) electrons. The molecule has 0 unspecified atom stereocenters. The van der Waals surface area contributed by atoms with Crippen molar-refractivity contribution >= 4 is 38.9 Å². The molecule has 0 aromatic carbocycles. The van der Waals surface area contributed by atoms with Crippen LogP contribution in [0.3, 0.4) is 0 Å². The van der Waals surface area contributed by atoms with Crippen LogP contribution in [-0.2, 0) is 4.79 Å². The molecule has 0 saturated heterocycles. The first-order valence-corrected chi connectivity index (χ1v) is 5.27. The van der Waals surface area contributed by atoms with Gasteiger partial charge in [-0.3, -0.25) is 4.79 Å². The smallest absolute Gasteiger partial charge is 0.236 e. The molecule has 70 valence electrons. The van der Waals surface area contributed by atoms with Crippen LogP contribution in [0, 0.1) is 0 Å². The van der Waals surface area contributed by atoms with E-state index in [2.05, 4.69) is 26.5 Å². The molecule has 0 bridgehead atoms. The van der Waals surface area contributed by atoms with Crippen LogP contribution in [0.4, 0.5) is 0 Å². The van der Waals surface area contributed by atoms with Crippen molar-refractivity contribution < 1.29 is 4.79 Å². The minimum atomic E-state index is -0.157. The third-order valence-electron chi connectivity index (χ3n) is 1.31. The number of rotatable bonds is 2. The summed E-state index contributed by atoms with van der Waals surface area (Å²) in [5.41, 5.74) is 3.20. The van der Waals surface area contributed by atoms with E-state index in [1.54, 1.807) is 11.3 Å². The minimum absolute atomic E-state index is 0.157. The van der Waals surface area contributed by atoms with Crippen LogP contribution in [-0.4, -0.2) is 11.6 Å². The molecule has 0 fully saturated rings. The van der Waals surface area contributed by atoms with Crippen molar-refractivity contribution in [3.05, 3.63) is 20.8 Å². The molecule has 0 saturated carbocycles. The van der Waals surface area contributed by atoms with Gasteiger partial charge in [0.15, 0.2) is 0 Å². The van der Waals surface area contributed by atoms with E-state index in [-0.39, 0.29) is 5.91 Å². The largest absolute Gasteiger partial charge is 0.274 e. The van der Waals surface area contributed by atoms with Crippen LogP contribution in [0.5, 0.6) is 0 Å². The molecule has 1 rings (SSSR count). The number of carbonyl (C=O) groups is 1. The van der Waals surface area contributed by atoms with Gasteiger partial charge in [0.2, 0.25) is 5.91 Å². The average molecular weight is 261 g/mol. The minimum Gasteiger partial charge on any atom is -0.274 e. The van der Waals surface area contributed by atoms with Crippen molar-refractivity contribution in [2.75, 3.05) is 0 Å². The lowest BCUT2D eigenvalue weighted by Crippen LogP contribution is -2.14. The lowest BCUT2D eigenvalue weighted by Gasteiger charge is -1.95. The number of nitrogens with zero attached hydrogens (tertiary/aromatic N) is 1. The van der Waals surface area contributed by atoms with Crippen LogP contribution in [0.1, 0.15) is 18.7 Å². The van der Waals surface area contributed by atoms with Gasteiger partial charge in [0.1, 0.15) is 0 Å². The van der Waals surface area contributed by atoms with E-state index in [1.807, 2.05) is 19.1 Å². The molecular formula is C8H9BrN2OS. The zero-order valence-corrected chi connectivity index (χ0v) is 9.70. The van der Waals surface area contributed by atoms with Gasteiger partial charge in [-0.2, -0.15) is 5.10 Å². The van der Waals surface area contributed by atoms with E-state index < -0.39 is 0 Å². The summed E-state index contributed by atoms with van der Waals surface area (Å²) in [7, 11) is 0. The van der Waals surface area contributed by atoms with Gasteiger partial charge >= 0.3 is 0 Å². The van der Waals surface area contributed by atoms with Crippen molar-refractivity contribution in [3.63, 3.8) is 0 Å². The molecule has 1 aromatic heterocycles. The monoisotopic (exact) mass is 260 g/mol. The summed E-state index contributed by atoms with van der Waals surface area (Å²) in [6.45, 7) is 3.29. The van der Waals surface area contributed by atoms with Gasteiger partial charge in [0.25, 0.3) is 0 Å². The Balaban J connectivity index is 2.72.